The maximum absolute atomic E-state index is 14.5. The lowest BCUT2D eigenvalue weighted by molar-refractivity contribution is -0.200. The summed E-state index contributed by atoms with van der Waals surface area (Å²) in [7, 11) is 2.89. The van der Waals surface area contributed by atoms with Crippen molar-refractivity contribution in [2.24, 2.45) is 0 Å². The topological polar surface area (TPSA) is 132 Å². The van der Waals surface area contributed by atoms with Gasteiger partial charge in [-0.3, -0.25) is 23.9 Å². The molecule has 0 radical (unpaired) electrons. The smallest absolute Gasteiger partial charge is 0.425 e. The lowest BCUT2D eigenvalue weighted by atomic mass is 9.91. The van der Waals surface area contributed by atoms with Crippen LogP contribution < -0.4 is 31.4 Å². The van der Waals surface area contributed by atoms with Crippen LogP contribution in [-0.4, -0.2) is 41.8 Å². The van der Waals surface area contributed by atoms with Crippen molar-refractivity contribution in [1.82, 2.24) is 14.9 Å². The van der Waals surface area contributed by atoms with Crippen LogP contribution in [0.5, 0.6) is 11.5 Å². The van der Waals surface area contributed by atoms with Gasteiger partial charge in [0, 0.05) is 13.0 Å². The number of fused-ring (bicyclic) bond motifs is 1. The monoisotopic (exact) mass is 546 g/mol. The fourth-order valence-electron chi connectivity index (χ4n) is 4.49. The van der Waals surface area contributed by atoms with Crippen LogP contribution in [0.4, 0.5) is 19.0 Å². The number of rotatable bonds is 9. The van der Waals surface area contributed by atoms with Crippen LogP contribution in [0, 0.1) is 0 Å². The summed E-state index contributed by atoms with van der Waals surface area (Å²) in [4.78, 5) is 52.8. The highest BCUT2D eigenvalue weighted by molar-refractivity contribution is 6.07. The Balaban J connectivity index is 1.69. The molecule has 3 N–H and O–H groups in total. The zero-order valence-corrected chi connectivity index (χ0v) is 21.0. The molecule has 0 aliphatic carbocycles. The Hall–Kier alpha value is -4.55. The lowest BCUT2D eigenvalue weighted by Crippen LogP contribution is -2.62. The molecule has 0 saturated carbocycles. The standard InChI is InChI=1S/C26H25F3N4O6/c1-38-17-10-8-16(14-18(17)39-2)12-13-33-21-20(22(35)31-24(33)37)25(23(36)30-21,26(27,28)29)32-19(34)11-9-15-6-4-3-5-7-15/h3-8,10,14H,9,11-13H2,1-2H3,(H,30,36)(H,32,34)(H,31,35,37)/t25-/m0/s1. The highest BCUT2D eigenvalue weighted by Gasteiger charge is 2.68. The number of methoxy groups -OCH3 is 2. The number of amides is 2. The summed E-state index contributed by atoms with van der Waals surface area (Å²) in [5.74, 6) is -2.56. The van der Waals surface area contributed by atoms with Crippen molar-refractivity contribution in [2.45, 2.75) is 37.5 Å². The largest absolute Gasteiger partial charge is 0.493 e. The second-order valence-corrected chi connectivity index (χ2v) is 8.81. The molecule has 39 heavy (non-hydrogen) atoms. The van der Waals surface area contributed by atoms with Crippen molar-refractivity contribution in [3.05, 3.63) is 86.1 Å². The molecular formula is C26H25F3N4O6. The van der Waals surface area contributed by atoms with Gasteiger partial charge in [-0.25, -0.2) is 4.79 Å². The summed E-state index contributed by atoms with van der Waals surface area (Å²) in [6, 6.07) is 13.5. The van der Waals surface area contributed by atoms with E-state index < -0.39 is 46.2 Å². The third-order valence-electron chi connectivity index (χ3n) is 6.45. The van der Waals surface area contributed by atoms with Crippen molar-refractivity contribution in [3.63, 3.8) is 0 Å². The van der Waals surface area contributed by atoms with Gasteiger partial charge in [-0.05, 0) is 36.1 Å². The van der Waals surface area contributed by atoms with E-state index in [0.29, 0.717) is 22.6 Å². The third kappa shape index (κ3) is 5.11. The molecular weight excluding hydrogens is 521 g/mol. The van der Waals surface area contributed by atoms with E-state index in [4.69, 9.17) is 9.47 Å². The number of alkyl halides is 3. The van der Waals surface area contributed by atoms with Gasteiger partial charge in [0.1, 0.15) is 11.4 Å². The number of anilines is 1. The number of aryl methyl sites for hydroxylation is 2. The number of aromatic nitrogens is 2. The van der Waals surface area contributed by atoms with Gasteiger partial charge in [-0.15, -0.1) is 0 Å². The molecule has 1 aliphatic rings. The maximum atomic E-state index is 14.5. The molecule has 0 saturated heterocycles. The molecule has 1 atom stereocenters. The number of ether oxygens (including phenoxy) is 2. The molecule has 2 amide bonds. The molecule has 1 aliphatic heterocycles. The van der Waals surface area contributed by atoms with Gasteiger partial charge in [0.2, 0.25) is 11.4 Å². The van der Waals surface area contributed by atoms with Gasteiger partial charge in [0.15, 0.2) is 11.5 Å². The van der Waals surface area contributed by atoms with Gasteiger partial charge >= 0.3 is 11.9 Å². The van der Waals surface area contributed by atoms with Gasteiger partial charge in [0.05, 0.1) is 14.2 Å². The zero-order chi connectivity index (χ0) is 28.4. The molecule has 0 fully saturated rings. The molecule has 206 valence electrons. The van der Waals surface area contributed by atoms with Crippen molar-refractivity contribution in [1.29, 1.82) is 0 Å². The van der Waals surface area contributed by atoms with Gasteiger partial charge in [-0.1, -0.05) is 36.4 Å². The Bertz CT molecular complexity index is 1520. The average Bonchev–Trinajstić information content (AvgIpc) is 3.20. The third-order valence-corrected chi connectivity index (χ3v) is 6.45. The van der Waals surface area contributed by atoms with E-state index in [9.17, 15) is 32.3 Å². The predicted molar refractivity (Wildman–Crippen MR) is 134 cm³/mol. The van der Waals surface area contributed by atoms with Crippen LogP contribution in [0.25, 0.3) is 0 Å². The molecule has 2 aromatic carbocycles. The summed E-state index contributed by atoms with van der Waals surface area (Å²) >= 11 is 0. The van der Waals surface area contributed by atoms with E-state index in [1.807, 2.05) is 10.3 Å². The van der Waals surface area contributed by atoms with E-state index in [1.54, 1.807) is 53.8 Å². The summed E-state index contributed by atoms with van der Waals surface area (Å²) in [6.07, 6.45) is -5.54. The van der Waals surface area contributed by atoms with E-state index in [1.165, 1.54) is 14.2 Å². The normalized spacial score (nSPS) is 16.4. The first-order chi connectivity index (χ1) is 18.5. The Morgan fingerprint density at radius 2 is 1.67 bits per heavy atom. The Kier molecular flexibility index (Phi) is 7.52. The van der Waals surface area contributed by atoms with Gasteiger partial charge < -0.3 is 20.1 Å². The lowest BCUT2D eigenvalue weighted by Gasteiger charge is -2.30. The van der Waals surface area contributed by atoms with E-state index in [0.717, 1.165) is 4.57 Å². The van der Waals surface area contributed by atoms with E-state index in [-0.39, 0.29) is 25.8 Å². The minimum atomic E-state index is -5.40. The highest BCUT2D eigenvalue weighted by Crippen LogP contribution is 2.45. The molecule has 3 aromatic rings. The average molecular weight is 547 g/mol. The molecule has 0 spiro atoms. The number of halogens is 3. The van der Waals surface area contributed by atoms with Crippen LogP contribution in [0.1, 0.15) is 23.1 Å². The summed E-state index contributed by atoms with van der Waals surface area (Å²) in [5.41, 5.74) is -5.89. The SMILES string of the molecule is COc1ccc(CCn2c3c(c(=O)[nH]c2=O)[C@@](NC(=O)CCc2ccccc2)(C(F)(F)F)C(=O)N3)cc1OC. The fourth-order valence-corrected chi connectivity index (χ4v) is 4.49. The van der Waals surface area contributed by atoms with E-state index in [2.05, 4.69) is 0 Å². The van der Waals surface area contributed by atoms with Crippen LogP contribution in [0.2, 0.25) is 0 Å². The van der Waals surface area contributed by atoms with Gasteiger partial charge in [-0.2, -0.15) is 13.2 Å². The van der Waals surface area contributed by atoms with E-state index >= 15 is 0 Å². The fraction of sp³-hybridized carbons (Fsp3) is 0.308. The zero-order valence-electron chi connectivity index (χ0n) is 21.0. The molecule has 10 nitrogen and oxygen atoms in total. The number of carbonyl (C=O) groups is 2. The Morgan fingerprint density at radius 3 is 2.31 bits per heavy atom. The number of H-pyrrole nitrogens is 1. The highest BCUT2D eigenvalue weighted by atomic mass is 19.4. The quantitative estimate of drug-likeness (QED) is 0.377. The second-order valence-electron chi connectivity index (χ2n) is 8.81. The maximum Gasteiger partial charge on any atom is 0.425 e. The summed E-state index contributed by atoms with van der Waals surface area (Å²) in [6.45, 7) is -0.205. The molecule has 4 rings (SSSR count). The predicted octanol–water partition coefficient (Wildman–Crippen LogP) is 2.26. The number of benzene rings is 2. The Labute approximate surface area is 219 Å². The van der Waals surface area contributed by atoms with Crippen molar-refractivity contribution >= 4 is 17.6 Å². The van der Waals surface area contributed by atoms with Crippen molar-refractivity contribution in [3.8, 4) is 11.5 Å². The number of hydrogen-bond acceptors (Lipinski definition) is 6. The molecule has 0 bridgehead atoms. The minimum Gasteiger partial charge on any atom is -0.493 e. The molecule has 2 heterocycles. The number of nitrogens with one attached hydrogen (secondary N) is 3. The molecule has 1 aromatic heterocycles. The van der Waals surface area contributed by atoms with Crippen LogP contribution in [0.15, 0.2) is 58.1 Å². The molecule has 0 unspecified atom stereocenters. The summed E-state index contributed by atoms with van der Waals surface area (Å²) < 4.78 is 54.9. The first-order valence-electron chi connectivity index (χ1n) is 11.8. The number of aromatic amines is 1. The van der Waals surface area contributed by atoms with Crippen molar-refractivity contribution < 1.29 is 32.2 Å². The number of carbonyl (C=O) groups excluding carboxylic acids is 2. The molecule has 13 heteroatoms. The van der Waals surface area contributed by atoms with Crippen LogP contribution >= 0.6 is 0 Å². The van der Waals surface area contributed by atoms with Crippen molar-refractivity contribution in [2.75, 3.05) is 19.5 Å². The second kappa shape index (κ2) is 10.7. The van der Waals surface area contributed by atoms with Gasteiger partial charge in [0.25, 0.3) is 11.5 Å². The van der Waals surface area contributed by atoms with Crippen LogP contribution in [-0.2, 0) is 34.5 Å². The summed E-state index contributed by atoms with van der Waals surface area (Å²) in [5, 5.41) is 3.78. The minimum absolute atomic E-state index is 0.107. The number of nitrogens with zero attached hydrogens (tertiary/aromatic N) is 1. The number of hydrogen-bond donors (Lipinski definition) is 3. The van der Waals surface area contributed by atoms with Crippen LogP contribution in [0.3, 0.4) is 0 Å². The first kappa shape index (κ1) is 27.5. The first-order valence-corrected chi connectivity index (χ1v) is 11.8. The Morgan fingerprint density at radius 1 is 0.974 bits per heavy atom.